The number of carbonyl (C=O) groups is 2. The van der Waals surface area contributed by atoms with Crippen molar-refractivity contribution in [3.63, 3.8) is 0 Å². The molecule has 0 bridgehead atoms. The predicted molar refractivity (Wildman–Crippen MR) is 143 cm³/mol. The van der Waals surface area contributed by atoms with E-state index in [9.17, 15) is 14.7 Å². The van der Waals surface area contributed by atoms with Gasteiger partial charge in [0.25, 0.3) is 5.78 Å². The Bertz CT molecular complexity index is 1590. The smallest absolute Gasteiger partial charge is 0.301 e. The lowest BCUT2D eigenvalue weighted by Gasteiger charge is -2.22. The Hall–Kier alpha value is -4.04. The second-order valence-corrected chi connectivity index (χ2v) is 10.8. The maximum atomic E-state index is 13.5. The zero-order valence-electron chi connectivity index (χ0n) is 20.6. The van der Waals surface area contributed by atoms with E-state index in [1.807, 2.05) is 25.1 Å². The third-order valence-corrected chi connectivity index (χ3v) is 7.87. The number of carbonyl (C=O) groups excluding carboxylic acids is 2. The van der Waals surface area contributed by atoms with E-state index in [0.29, 0.717) is 28.7 Å². The zero-order chi connectivity index (χ0) is 25.8. The molecular formula is C29H25N3O4S. The molecule has 0 saturated carbocycles. The fourth-order valence-electron chi connectivity index (χ4n) is 4.96. The molecule has 2 atom stereocenters. The summed E-state index contributed by atoms with van der Waals surface area (Å²) in [5.41, 5.74) is 3.80. The van der Waals surface area contributed by atoms with Crippen molar-refractivity contribution in [2.45, 2.75) is 45.3 Å². The zero-order valence-corrected chi connectivity index (χ0v) is 21.5. The number of thiazole rings is 1. The summed E-state index contributed by atoms with van der Waals surface area (Å²) in [4.78, 5) is 37.4. The molecule has 37 heavy (non-hydrogen) atoms. The Labute approximate surface area is 218 Å². The topological polar surface area (TPSA) is 92.6 Å². The second kappa shape index (κ2) is 8.81. The summed E-state index contributed by atoms with van der Waals surface area (Å²) in [5.74, 6) is -0.625. The monoisotopic (exact) mass is 511 g/mol. The van der Waals surface area contributed by atoms with E-state index in [-0.39, 0.29) is 17.4 Å². The molecule has 0 aliphatic carbocycles. The van der Waals surface area contributed by atoms with Crippen molar-refractivity contribution in [2.24, 2.45) is 0 Å². The van der Waals surface area contributed by atoms with Crippen LogP contribution < -0.4 is 9.64 Å². The van der Waals surface area contributed by atoms with Gasteiger partial charge in [0.15, 0.2) is 5.13 Å². The molecule has 0 radical (unpaired) electrons. The number of nitrogens with zero attached hydrogens (tertiary/aromatic N) is 3. The number of rotatable bonds is 4. The Morgan fingerprint density at radius 1 is 1.14 bits per heavy atom. The Morgan fingerprint density at radius 2 is 1.97 bits per heavy atom. The molecule has 8 heteroatoms. The third-order valence-electron chi connectivity index (χ3n) is 6.86. The number of fused-ring (bicyclic) bond motifs is 2. The van der Waals surface area contributed by atoms with E-state index in [1.54, 1.807) is 36.5 Å². The summed E-state index contributed by atoms with van der Waals surface area (Å²) in [7, 11) is 0. The van der Waals surface area contributed by atoms with Crippen LogP contribution in [0.2, 0.25) is 0 Å². The molecule has 0 spiro atoms. The lowest BCUT2D eigenvalue weighted by molar-refractivity contribution is -0.132. The van der Waals surface area contributed by atoms with Crippen LogP contribution in [0.25, 0.3) is 16.0 Å². The molecule has 2 aliphatic heterocycles. The normalized spacial score (nSPS) is 20.6. The standard InChI is InChI=1S/C29H25N3O4S/c1-15(2)17-7-9-20-23(14-17)37-29(31-20)32-25(21-6-4-5-11-30-21)24(27(34)28(32)35)26(33)18-8-10-22-19(13-18)12-16(3)36-22/h4-11,13-16,25,33H,12H2,1-3H3/b26-24+. The van der Waals surface area contributed by atoms with Crippen molar-refractivity contribution in [3.05, 3.63) is 88.8 Å². The number of aromatic nitrogens is 2. The first-order valence-electron chi connectivity index (χ1n) is 12.2. The minimum Gasteiger partial charge on any atom is -0.507 e. The first-order chi connectivity index (χ1) is 17.8. The van der Waals surface area contributed by atoms with Gasteiger partial charge in [0, 0.05) is 18.2 Å². The van der Waals surface area contributed by atoms with Crippen molar-refractivity contribution in [2.75, 3.05) is 4.90 Å². The summed E-state index contributed by atoms with van der Waals surface area (Å²) in [6, 6.07) is 15.8. The number of hydrogen-bond donors (Lipinski definition) is 1. The lowest BCUT2D eigenvalue weighted by atomic mass is 9.97. The highest BCUT2D eigenvalue weighted by molar-refractivity contribution is 7.22. The molecule has 2 aromatic heterocycles. The van der Waals surface area contributed by atoms with E-state index in [4.69, 9.17) is 9.72 Å². The van der Waals surface area contributed by atoms with Gasteiger partial charge in [0.05, 0.1) is 21.5 Å². The molecule has 4 heterocycles. The number of ether oxygens (including phenoxy) is 1. The molecule has 6 rings (SSSR count). The molecule has 1 fully saturated rings. The summed E-state index contributed by atoms with van der Waals surface area (Å²) in [5, 5.41) is 11.8. The van der Waals surface area contributed by atoms with E-state index >= 15 is 0 Å². The van der Waals surface area contributed by atoms with E-state index in [1.165, 1.54) is 21.8 Å². The fourth-order valence-corrected chi connectivity index (χ4v) is 6.00. The van der Waals surface area contributed by atoms with Crippen molar-refractivity contribution < 1.29 is 19.4 Å². The van der Waals surface area contributed by atoms with Gasteiger partial charge in [0.2, 0.25) is 0 Å². The van der Waals surface area contributed by atoms with Crippen molar-refractivity contribution in [1.29, 1.82) is 0 Å². The minimum absolute atomic E-state index is 0.00209. The first-order valence-corrected chi connectivity index (χ1v) is 13.1. The van der Waals surface area contributed by atoms with Gasteiger partial charge in [-0.15, -0.1) is 0 Å². The molecule has 4 aromatic rings. The van der Waals surface area contributed by atoms with Crippen LogP contribution in [0.3, 0.4) is 0 Å². The van der Waals surface area contributed by atoms with Gasteiger partial charge in [-0.3, -0.25) is 19.5 Å². The van der Waals surface area contributed by atoms with Crippen LogP contribution in [0.1, 0.15) is 55.1 Å². The molecule has 2 aromatic carbocycles. The molecule has 2 unspecified atom stereocenters. The SMILES string of the molecule is CC1Cc2cc(/C(O)=C3\C(=O)C(=O)N(c4nc5ccc(C(C)C)cc5s4)C3c3ccccn3)ccc2O1. The van der Waals surface area contributed by atoms with Gasteiger partial charge in [-0.05, 0) is 66.4 Å². The van der Waals surface area contributed by atoms with E-state index in [2.05, 4.69) is 24.9 Å². The second-order valence-electron chi connectivity index (χ2n) is 9.76. The highest BCUT2D eigenvalue weighted by atomic mass is 32.1. The quantitative estimate of drug-likeness (QED) is 0.213. The number of Topliss-reactive ketones (excluding diaryl/α,β-unsaturated/α-hetero) is 1. The number of benzene rings is 2. The molecule has 2 aliphatic rings. The van der Waals surface area contributed by atoms with Gasteiger partial charge in [-0.1, -0.05) is 37.3 Å². The van der Waals surface area contributed by atoms with Gasteiger partial charge >= 0.3 is 5.91 Å². The van der Waals surface area contributed by atoms with Gasteiger partial charge in [-0.25, -0.2) is 4.98 Å². The van der Waals surface area contributed by atoms with E-state index in [0.717, 1.165) is 21.5 Å². The molecular weight excluding hydrogens is 486 g/mol. The number of anilines is 1. The fraction of sp³-hybridized carbons (Fsp3) is 0.241. The van der Waals surface area contributed by atoms with Crippen LogP contribution in [0.5, 0.6) is 5.75 Å². The van der Waals surface area contributed by atoms with Crippen molar-refractivity contribution in [3.8, 4) is 5.75 Å². The van der Waals surface area contributed by atoms with Crippen LogP contribution in [0.15, 0.2) is 66.4 Å². The minimum atomic E-state index is -0.908. The Morgan fingerprint density at radius 3 is 2.73 bits per heavy atom. The lowest BCUT2D eigenvalue weighted by Crippen LogP contribution is -2.29. The van der Waals surface area contributed by atoms with Gasteiger partial charge < -0.3 is 9.84 Å². The molecule has 1 saturated heterocycles. The van der Waals surface area contributed by atoms with Crippen LogP contribution in [0, 0.1) is 0 Å². The summed E-state index contributed by atoms with van der Waals surface area (Å²) in [6.07, 6.45) is 2.36. The highest BCUT2D eigenvalue weighted by Crippen LogP contribution is 2.44. The molecule has 186 valence electrons. The van der Waals surface area contributed by atoms with Crippen LogP contribution >= 0.6 is 11.3 Å². The van der Waals surface area contributed by atoms with E-state index < -0.39 is 17.7 Å². The van der Waals surface area contributed by atoms with Crippen LogP contribution in [0.4, 0.5) is 5.13 Å². The van der Waals surface area contributed by atoms with Gasteiger partial charge in [-0.2, -0.15) is 0 Å². The Balaban J connectivity index is 1.51. The maximum absolute atomic E-state index is 13.5. The number of amides is 1. The van der Waals surface area contributed by atoms with Crippen molar-refractivity contribution >= 4 is 44.1 Å². The van der Waals surface area contributed by atoms with Gasteiger partial charge in [0.1, 0.15) is 23.7 Å². The Kier molecular flexibility index (Phi) is 5.56. The van der Waals surface area contributed by atoms with Crippen LogP contribution in [-0.2, 0) is 16.0 Å². The van der Waals surface area contributed by atoms with Crippen LogP contribution in [-0.4, -0.2) is 32.9 Å². The first kappa shape index (κ1) is 23.4. The average Bonchev–Trinajstić information content (AvgIpc) is 3.55. The number of pyridine rings is 1. The molecule has 7 nitrogen and oxygen atoms in total. The number of aliphatic hydroxyl groups is 1. The third kappa shape index (κ3) is 3.88. The molecule has 1 amide bonds. The summed E-state index contributed by atoms with van der Waals surface area (Å²) >= 11 is 1.35. The number of hydrogen-bond acceptors (Lipinski definition) is 7. The largest absolute Gasteiger partial charge is 0.507 e. The maximum Gasteiger partial charge on any atom is 0.301 e. The predicted octanol–water partition coefficient (Wildman–Crippen LogP) is 5.76. The number of aliphatic hydroxyl groups excluding tert-OH is 1. The number of ketones is 1. The molecule has 1 N–H and O–H groups in total. The highest BCUT2D eigenvalue weighted by Gasteiger charge is 2.49. The summed E-state index contributed by atoms with van der Waals surface area (Å²) < 4.78 is 6.71. The average molecular weight is 512 g/mol. The summed E-state index contributed by atoms with van der Waals surface area (Å²) in [6.45, 7) is 6.22. The van der Waals surface area contributed by atoms with Crippen molar-refractivity contribution in [1.82, 2.24) is 9.97 Å².